The second-order valence-electron chi connectivity index (χ2n) is 2.07. The lowest BCUT2D eigenvalue weighted by Crippen LogP contribution is -2.01. The summed E-state index contributed by atoms with van der Waals surface area (Å²) in [7, 11) is 0. The highest BCUT2D eigenvalue weighted by molar-refractivity contribution is 4.52. The van der Waals surface area contributed by atoms with Crippen molar-refractivity contribution in [3.8, 4) is 0 Å². The Labute approximate surface area is 38.1 Å². The molecule has 40 valence electrons. The van der Waals surface area contributed by atoms with E-state index in [1.54, 1.807) is 0 Å². The summed E-state index contributed by atoms with van der Waals surface area (Å²) in [6, 6.07) is 0. The van der Waals surface area contributed by atoms with Gasteiger partial charge in [-0.1, -0.05) is 0 Å². The topological polar surface area (TPSA) is 35.0 Å². The second kappa shape index (κ2) is 2.13. The van der Waals surface area contributed by atoms with Gasteiger partial charge in [0.2, 0.25) is 0 Å². The van der Waals surface area contributed by atoms with Crippen LogP contribution >= 0.6 is 0 Å². The highest BCUT2D eigenvalue weighted by atomic mass is 19.1. The maximum absolute atomic E-state index is 11.7. The lowest BCUT2D eigenvalue weighted by atomic mass is 10.2. The van der Waals surface area contributed by atoms with Crippen LogP contribution in [0, 0.1) is 0 Å². The van der Waals surface area contributed by atoms with Gasteiger partial charge in [-0.2, -0.15) is 0 Å². The molecule has 0 spiro atoms. The Kier molecular flexibility index (Phi) is 3.31. The van der Waals surface area contributed by atoms with E-state index >= 15 is 0 Å². The van der Waals surface area contributed by atoms with E-state index in [1.165, 1.54) is 20.8 Å². The minimum atomic E-state index is -1.00. The van der Waals surface area contributed by atoms with Gasteiger partial charge in [0.1, 0.15) is 5.67 Å². The molecule has 0 bridgehead atoms. The summed E-state index contributed by atoms with van der Waals surface area (Å²) >= 11 is 0. The predicted octanol–water partition coefficient (Wildman–Crippen LogP) is 1.92. The average Bonchev–Trinajstić information content (AvgIpc) is 0.722. The molecule has 0 radical (unpaired) electrons. The van der Waals surface area contributed by atoms with Crippen molar-refractivity contribution in [3.05, 3.63) is 0 Å². The first-order valence-corrected chi connectivity index (χ1v) is 1.69. The molecule has 0 atom stereocenters. The van der Waals surface area contributed by atoms with Crippen molar-refractivity contribution in [1.82, 2.24) is 6.15 Å². The number of hydrogen-bond acceptors (Lipinski definition) is 1. The first kappa shape index (κ1) is 9.31. The number of alkyl halides is 1. The monoisotopic (exact) mass is 93.1 g/mol. The second-order valence-corrected chi connectivity index (χ2v) is 2.07. The highest BCUT2D eigenvalue weighted by Gasteiger charge is 2.01. The zero-order valence-electron chi connectivity index (χ0n) is 4.59. The zero-order valence-corrected chi connectivity index (χ0v) is 4.59. The summed E-state index contributed by atoms with van der Waals surface area (Å²) in [5.41, 5.74) is -1.00. The van der Waals surface area contributed by atoms with Crippen molar-refractivity contribution in [2.24, 2.45) is 0 Å². The standard InChI is InChI=1S/C4H9F.H3N/c1-4(2,3)5;/h1-3H3;1H3. The molecule has 0 aromatic rings. The molecule has 0 amide bonds. The molecule has 1 nitrogen and oxygen atoms in total. The molecular formula is C4H12FN. The van der Waals surface area contributed by atoms with Gasteiger partial charge in [0, 0.05) is 0 Å². The molecular weight excluding hydrogens is 81.0 g/mol. The van der Waals surface area contributed by atoms with Gasteiger partial charge in [-0.05, 0) is 20.8 Å². The summed E-state index contributed by atoms with van der Waals surface area (Å²) < 4.78 is 11.7. The van der Waals surface area contributed by atoms with Gasteiger partial charge in [-0.15, -0.1) is 0 Å². The Morgan fingerprint density at radius 2 is 1.17 bits per heavy atom. The first-order valence-electron chi connectivity index (χ1n) is 1.69. The van der Waals surface area contributed by atoms with Gasteiger partial charge in [0.15, 0.2) is 0 Å². The largest absolute Gasteiger partial charge is 0.344 e. The van der Waals surface area contributed by atoms with Gasteiger partial charge in [0.05, 0.1) is 0 Å². The van der Waals surface area contributed by atoms with E-state index in [0.29, 0.717) is 0 Å². The molecule has 0 fully saturated rings. The van der Waals surface area contributed by atoms with Crippen LogP contribution in [0.15, 0.2) is 0 Å². The molecule has 3 N–H and O–H groups in total. The van der Waals surface area contributed by atoms with Gasteiger partial charge >= 0.3 is 0 Å². The molecule has 2 heteroatoms. The maximum atomic E-state index is 11.7. The fourth-order valence-corrected chi connectivity index (χ4v) is 0. The highest BCUT2D eigenvalue weighted by Crippen LogP contribution is 2.02. The summed E-state index contributed by atoms with van der Waals surface area (Å²) in [5.74, 6) is 0. The lowest BCUT2D eigenvalue weighted by Gasteiger charge is -1.99. The van der Waals surface area contributed by atoms with Crippen molar-refractivity contribution >= 4 is 0 Å². The SMILES string of the molecule is CC(C)(C)F.N. The van der Waals surface area contributed by atoms with E-state index < -0.39 is 5.67 Å². The van der Waals surface area contributed by atoms with E-state index in [-0.39, 0.29) is 6.15 Å². The zero-order chi connectivity index (χ0) is 4.50. The molecule has 0 rings (SSSR count). The van der Waals surface area contributed by atoms with Crippen LogP contribution in [-0.2, 0) is 0 Å². The van der Waals surface area contributed by atoms with E-state index in [9.17, 15) is 4.39 Å². The normalized spacial score (nSPS) is 10.0. The van der Waals surface area contributed by atoms with E-state index in [4.69, 9.17) is 0 Å². The number of halogens is 1. The van der Waals surface area contributed by atoms with Gasteiger partial charge in [-0.3, -0.25) is 0 Å². The summed E-state index contributed by atoms with van der Waals surface area (Å²) in [6.45, 7) is 4.56. The molecule has 0 aliphatic heterocycles. The molecule has 0 heterocycles. The quantitative estimate of drug-likeness (QED) is 0.487. The summed E-state index contributed by atoms with van der Waals surface area (Å²) in [6.07, 6.45) is 0. The molecule has 0 saturated heterocycles. The third-order valence-electron chi connectivity index (χ3n) is 0. The van der Waals surface area contributed by atoms with Crippen LogP contribution in [0.1, 0.15) is 20.8 Å². The molecule has 6 heavy (non-hydrogen) atoms. The number of rotatable bonds is 0. The van der Waals surface area contributed by atoms with Crippen LogP contribution in [0.5, 0.6) is 0 Å². The van der Waals surface area contributed by atoms with Crippen molar-refractivity contribution < 1.29 is 4.39 Å². The minimum absolute atomic E-state index is 0. The molecule has 0 aromatic heterocycles. The van der Waals surface area contributed by atoms with Gasteiger partial charge in [0.25, 0.3) is 0 Å². The average molecular weight is 93.1 g/mol. The van der Waals surface area contributed by atoms with Crippen molar-refractivity contribution in [3.63, 3.8) is 0 Å². The Bertz CT molecular complexity index is 23.0. The Balaban J connectivity index is 0. The molecule has 0 unspecified atom stereocenters. The van der Waals surface area contributed by atoms with Crippen molar-refractivity contribution in [2.45, 2.75) is 26.4 Å². The predicted molar refractivity (Wildman–Crippen MR) is 25.9 cm³/mol. The summed E-state index contributed by atoms with van der Waals surface area (Å²) in [4.78, 5) is 0. The third-order valence-corrected chi connectivity index (χ3v) is 0. The molecule has 0 aromatic carbocycles. The lowest BCUT2D eigenvalue weighted by molar-refractivity contribution is 0.246. The number of hydrogen-bond donors (Lipinski definition) is 1. The maximum Gasteiger partial charge on any atom is 0.102 e. The fraction of sp³-hybridized carbons (Fsp3) is 1.00. The third kappa shape index (κ3) is 2690. The smallest absolute Gasteiger partial charge is 0.102 e. The Morgan fingerprint density at radius 3 is 1.17 bits per heavy atom. The van der Waals surface area contributed by atoms with Crippen molar-refractivity contribution in [1.29, 1.82) is 0 Å². The van der Waals surface area contributed by atoms with Gasteiger partial charge < -0.3 is 6.15 Å². The first-order chi connectivity index (χ1) is 2.00. The van der Waals surface area contributed by atoms with Crippen LogP contribution in [-0.4, -0.2) is 5.67 Å². The Hall–Kier alpha value is -0.110. The van der Waals surface area contributed by atoms with E-state index in [0.717, 1.165) is 0 Å². The van der Waals surface area contributed by atoms with Gasteiger partial charge in [-0.25, -0.2) is 4.39 Å². The van der Waals surface area contributed by atoms with Crippen molar-refractivity contribution in [2.75, 3.05) is 0 Å². The van der Waals surface area contributed by atoms with Crippen LogP contribution < -0.4 is 6.15 Å². The van der Waals surface area contributed by atoms with E-state index in [2.05, 4.69) is 0 Å². The minimum Gasteiger partial charge on any atom is -0.344 e. The van der Waals surface area contributed by atoms with E-state index in [1.807, 2.05) is 0 Å². The summed E-state index contributed by atoms with van der Waals surface area (Å²) in [5, 5.41) is 0. The van der Waals surface area contributed by atoms with Crippen LogP contribution in [0.25, 0.3) is 0 Å². The molecule has 0 saturated carbocycles. The van der Waals surface area contributed by atoms with Crippen LogP contribution in [0.3, 0.4) is 0 Å². The molecule has 0 aliphatic rings. The fourth-order valence-electron chi connectivity index (χ4n) is 0. The van der Waals surface area contributed by atoms with Crippen LogP contribution in [0.2, 0.25) is 0 Å². The molecule has 0 aliphatic carbocycles. The van der Waals surface area contributed by atoms with Crippen LogP contribution in [0.4, 0.5) is 4.39 Å². The Morgan fingerprint density at radius 1 is 1.17 bits per heavy atom.